The molecule has 1 fully saturated rings. The van der Waals surface area contributed by atoms with E-state index >= 15 is 0 Å². The van der Waals surface area contributed by atoms with Crippen LogP contribution < -0.4 is 4.74 Å². The number of amides is 1. The van der Waals surface area contributed by atoms with Gasteiger partial charge in [-0.2, -0.15) is 13.5 Å². The summed E-state index contributed by atoms with van der Waals surface area (Å²) in [5, 5.41) is 5.46. The fourth-order valence-electron chi connectivity index (χ4n) is 3.93. The quantitative estimate of drug-likeness (QED) is 0.143. The molecule has 3 aromatic carbocycles. The van der Waals surface area contributed by atoms with E-state index in [9.17, 15) is 13.2 Å². The van der Waals surface area contributed by atoms with Gasteiger partial charge < -0.3 is 4.74 Å². The van der Waals surface area contributed by atoms with E-state index in [1.807, 2.05) is 85.1 Å². The molecule has 0 atom stereocenters. The normalized spacial score (nSPS) is 14.8. The highest BCUT2D eigenvalue weighted by atomic mass is 35.5. The fraction of sp³-hybridized carbons (Fsp3) is 0.107. The first-order valence-corrected chi connectivity index (χ1v) is 15.2. The highest BCUT2D eigenvalue weighted by molar-refractivity contribution is 8.26. The summed E-state index contributed by atoms with van der Waals surface area (Å²) in [6.07, 6.45) is 3.51. The van der Waals surface area contributed by atoms with Crippen LogP contribution in [0.15, 0.2) is 90.0 Å². The van der Waals surface area contributed by atoms with Crippen molar-refractivity contribution in [2.75, 3.05) is 12.3 Å². The molecule has 0 bridgehead atoms. The molecule has 1 aliphatic heterocycles. The van der Waals surface area contributed by atoms with Crippen LogP contribution in [0, 0.1) is 0 Å². The second kappa shape index (κ2) is 11.9. The lowest BCUT2D eigenvalue weighted by Crippen LogP contribution is -2.32. The Balaban J connectivity index is 1.43. The van der Waals surface area contributed by atoms with Crippen LogP contribution in [0.5, 0.6) is 5.75 Å². The molecule has 2 heterocycles. The molecule has 5 rings (SSSR count). The van der Waals surface area contributed by atoms with Gasteiger partial charge in [-0.25, -0.2) is 4.68 Å². The summed E-state index contributed by atoms with van der Waals surface area (Å²) in [6.45, 7) is 0.165. The first-order chi connectivity index (χ1) is 19.2. The summed E-state index contributed by atoms with van der Waals surface area (Å²) in [5.41, 5.74) is 3.95. The Morgan fingerprint density at radius 1 is 1.02 bits per heavy atom. The zero-order chi connectivity index (χ0) is 28.3. The number of carbonyl (C=O) groups is 1. The van der Waals surface area contributed by atoms with E-state index in [1.165, 1.54) is 4.90 Å². The van der Waals surface area contributed by atoms with Gasteiger partial charge in [0.15, 0.2) is 0 Å². The van der Waals surface area contributed by atoms with E-state index in [4.69, 9.17) is 38.2 Å². The summed E-state index contributed by atoms with van der Waals surface area (Å²) in [4.78, 5) is 14.5. The third kappa shape index (κ3) is 6.80. The van der Waals surface area contributed by atoms with Crippen molar-refractivity contribution >= 4 is 62.0 Å². The SMILES string of the molecule is O=C1/C(=C\c2cn(-c3ccccc3)nc2-c2ccc(OCc3ccc(Cl)cc3)cc2)SC(=S)N1CCS(=O)(=O)O. The minimum atomic E-state index is -4.24. The highest BCUT2D eigenvalue weighted by Crippen LogP contribution is 2.35. The maximum atomic E-state index is 13.0. The van der Waals surface area contributed by atoms with E-state index in [-0.39, 0.29) is 10.9 Å². The smallest absolute Gasteiger partial charge is 0.266 e. The summed E-state index contributed by atoms with van der Waals surface area (Å²) < 4.78 is 39.3. The summed E-state index contributed by atoms with van der Waals surface area (Å²) in [7, 11) is -4.24. The van der Waals surface area contributed by atoms with Gasteiger partial charge in [-0.1, -0.05) is 65.9 Å². The average Bonchev–Trinajstić information content (AvgIpc) is 3.47. The zero-order valence-corrected chi connectivity index (χ0v) is 24.0. The van der Waals surface area contributed by atoms with Crippen LogP contribution in [0.25, 0.3) is 23.0 Å². The number of hydrogen-bond acceptors (Lipinski definition) is 7. The lowest BCUT2D eigenvalue weighted by Gasteiger charge is -2.12. The second-order valence-electron chi connectivity index (χ2n) is 8.77. The van der Waals surface area contributed by atoms with Crippen molar-refractivity contribution in [1.29, 1.82) is 0 Å². The molecule has 4 aromatic rings. The average molecular weight is 612 g/mol. The number of carbonyl (C=O) groups excluding carboxylic acids is 1. The lowest BCUT2D eigenvalue weighted by molar-refractivity contribution is -0.121. The molecule has 204 valence electrons. The predicted octanol–water partition coefficient (Wildman–Crippen LogP) is 5.86. The molecule has 1 aliphatic rings. The molecule has 40 heavy (non-hydrogen) atoms. The summed E-state index contributed by atoms with van der Waals surface area (Å²) in [5.74, 6) is -0.346. The number of thiocarbonyl (C=S) groups is 1. The van der Waals surface area contributed by atoms with Crippen LogP contribution >= 0.6 is 35.6 Å². The molecular weight excluding hydrogens is 590 g/mol. The van der Waals surface area contributed by atoms with Gasteiger partial charge in [-0.15, -0.1) is 0 Å². The number of para-hydroxylation sites is 1. The molecule has 1 amide bonds. The number of rotatable bonds is 9. The molecule has 0 unspecified atom stereocenters. The van der Waals surface area contributed by atoms with Gasteiger partial charge in [0.1, 0.15) is 16.7 Å². The van der Waals surface area contributed by atoms with E-state index in [0.29, 0.717) is 33.5 Å². The number of ether oxygens (including phenoxy) is 1. The number of hydrogen-bond donors (Lipinski definition) is 1. The predicted molar refractivity (Wildman–Crippen MR) is 161 cm³/mol. The van der Waals surface area contributed by atoms with Crippen LogP contribution in [0.3, 0.4) is 0 Å². The third-order valence-corrected chi connectivity index (χ3v) is 8.27. The molecule has 8 nitrogen and oxygen atoms in total. The number of halogens is 1. The largest absolute Gasteiger partial charge is 0.489 e. The second-order valence-corrected chi connectivity index (χ2v) is 12.5. The van der Waals surface area contributed by atoms with Crippen molar-refractivity contribution in [1.82, 2.24) is 14.7 Å². The van der Waals surface area contributed by atoms with Crippen LogP contribution in [0.1, 0.15) is 11.1 Å². The van der Waals surface area contributed by atoms with Crippen molar-refractivity contribution < 1.29 is 22.5 Å². The van der Waals surface area contributed by atoms with E-state index in [0.717, 1.165) is 28.6 Å². The molecule has 1 N–H and O–H groups in total. The van der Waals surface area contributed by atoms with Crippen LogP contribution in [0.2, 0.25) is 5.02 Å². The maximum Gasteiger partial charge on any atom is 0.266 e. The number of nitrogens with zero attached hydrogens (tertiary/aromatic N) is 3. The van der Waals surface area contributed by atoms with Crippen molar-refractivity contribution in [2.24, 2.45) is 0 Å². The standard InChI is InChI=1S/C28H22ClN3O5S3/c29-22-10-6-19(7-11-22)18-37-24-12-8-20(9-13-24)26-21(17-32(30-26)23-4-2-1-3-5-23)16-25-27(33)31(28(38)39-25)14-15-40(34,35)36/h1-13,16-17H,14-15,18H2,(H,34,35,36)/b25-16+. The van der Waals surface area contributed by atoms with E-state index < -0.39 is 21.8 Å². The van der Waals surface area contributed by atoms with Gasteiger partial charge in [-0.3, -0.25) is 14.2 Å². The maximum absolute atomic E-state index is 13.0. The minimum Gasteiger partial charge on any atom is -0.489 e. The van der Waals surface area contributed by atoms with Crippen molar-refractivity contribution in [3.8, 4) is 22.7 Å². The number of benzene rings is 3. The van der Waals surface area contributed by atoms with Crippen LogP contribution in [-0.2, 0) is 21.5 Å². The molecule has 1 saturated heterocycles. The van der Waals surface area contributed by atoms with Gasteiger partial charge >= 0.3 is 0 Å². The Morgan fingerprint density at radius 2 is 1.73 bits per heavy atom. The van der Waals surface area contributed by atoms with E-state index in [2.05, 4.69) is 0 Å². The molecule has 12 heteroatoms. The van der Waals surface area contributed by atoms with Crippen LogP contribution in [-0.4, -0.2) is 50.2 Å². The molecule has 0 spiro atoms. The van der Waals surface area contributed by atoms with Gasteiger partial charge in [0.2, 0.25) is 0 Å². The van der Waals surface area contributed by atoms with Gasteiger partial charge in [0.25, 0.3) is 16.0 Å². The van der Waals surface area contributed by atoms with Crippen molar-refractivity contribution in [3.63, 3.8) is 0 Å². The summed E-state index contributed by atoms with van der Waals surface area (Å²) in [6, 6.07) is 24.5. The van der Waals surface area contributed by atoms with Crippen LogP contribution in [0.4, 0.5) is 0 Å². The first-order valence-electron chi connectivity index (χ1n) is 12.0. The first kappa shape index (κ1) is 28.1. The molecular formula is C28H22ClN3O5S3. The number of aromatic nitrogens is 2. The topological polar surface area (TPSA) is 102 Å². The fourth-order valence-corrected chi connectivity index (χ4v) is 5.77. The Bertz CT molecular complexity index is 1690. The Kier molecular flexibility index (Phi) is 8.38. The van der Waals surface area contributed by atoms with Gasteiger partial charge in [-0.05, 0) is 60.2 Å². The minimum absolute atomic E-state index is 0.221. The van der Waals surface area contributed by atoms with Gasteiger partial charge in [0.05, 0.1) is 22.0 Å². The van der Waals surface area contributed by atoms with E-state index in [1.54, 1.807) is 10.8 Å². The Labute approximate surface area is 246 Å². The van der Waals surface area contributed by atoms with Crippen molar-refractivity contribution in [2.45, 2.75) is 6.61 Å². The molecule has 0 saturated carbocycles. The lowest BCUT2D eigenvalue weighted by atomic mass is 10.1. The monoisotopic (exact) mass is 611 g/mol. The Morgan fingerprint density at radius 3 is 2.40 bits per heavy atom. The molecule has 0 aliphatic carbocycles. The third-order valence-electron chi connectivity index (χ3n) is 5.94. The number of thioether (sulfide) groups is 1. The zero-order valence-electron chi connectivity index (χ0n) is 20.8. The summed E-state index contributed by atoms with van der Waals surface area (Å²) >= 11 is 12.3. The van der Waals surface area contributed by atoms with Crippen molar-refractivity contribution in [3.05, 3.63) is 106 Å². The molecule has 0 radical (unpaired) electrons. The molecule has 1 aromatic heterocycles. The highest BCUT2D eigenvalue weighted by Gasteiger charge is 2.33. The van der Waals surface area contributed by atoms with Gasteiger partial charge in [0, 0.05) is 28.9 Å². The Hall–Kier alpha value is -3.48.